The number of anilines is 1. The number of carboxylic acid groups (broad SMARTS) is 2. The maximum atomic E-state index is 11.6. The number of carbonyl (C=O) groups excluding carboxylic acids is 1. The Hall–Kier alpha value is -3.65. The molecule has 0 unspecified atom stereocenters. The SMILES string of the molecule is CN(Cc1cccc(-c2cnc(N3CCOCC3)nc2)c1)C(=O)CN.O=C(O)[C@H](O)[C@@H](O)C(=O)O. The Morgan fingerprint density at radius 1 is 1.06 bits per heavy atom. The molecule has 2 aromatic rings. The van der Waals surface area contributed by atoms with Crippen LogP contribution < -0.4 is 10.6 Å². The number of morpholine rings is 1. The fraction of sp³-hybridized carbons (Fsp3) is 0.409. The number of likely N-dealkylation sites (N-methyl/N-ethyl adjacent to an activating group) is 1. The molecule has 1 aromatic carbocycles. The molecule has 6 N–H and O–H groups in total. The van der Waals surface area contributed by atoms with Crippen LogP contribution in [-0.4, -0.2) is 105 Å². The van der Waals surface area contributed by atoms with Gasteiger partial charge in [-0.2, -0.15) is 0 Å². The van der Waals surface area contributed by atoms with Crippen molar-refractivity contribution >= 4 is 23.8 Å². The number of hydrogen-bond donors (Lipinski definition) is 5. The average molecular weight is 492 g/mol. The van der Waals surface area contributed by atoms with E-state index in [1.54, 1.807) is 11.9 Å². The minimum Gasteiger partial charge on any atom is -0.479 e. The summed E-state index contributed by atoms with van der Waals surface area (Å²) in [6, 6.07) is 8.03. The zero-order valence-corrected chi connectivity index (χ0v) is 19.1. The van der Waals surface area contributed by atoms with E-state index in [0.717, 1.165) is 35.7 Å². The number of benzene rings is 1. The number of aliphatic hydroxyl groups is 2. The number of carbonyl (C=O) groups is 3. The van der Waals surface area contributed by atoms with E-state index in [2.05, 4.69) is 14.9 Å². The van der Waals surface area contributed by atoms with Crippen molar-refractivity contribution in [1.29, 1.82) is 0 Å². The predicted molar refractivity (Wildman–Crippen MR) is 123 cm³/mol. The van der Waals surface area contributed by atoms with Crippen molar-refractivity contribution in [3.05, 3.63) is 42.2 Å². The Morgan fingerprint density at radius 2 is 1.63 bits per heavy atom. The molecule has 0 saturated carbocycles. The van der Waals surface area contributed by atoms with Crippen LogP contribution in [0.5, 0.6) is 0 Å². The van der Waals surface area contributed by atoms with Gasteiger partial charge in [0.05, 0.1) is 19.8 Å². The van der Waals surface area contributed by atoms with Gasteiger partial charge in [-0.05, 0) is 17.2 Å². The summed E-state index contributed by atoms with van der Waals surface area (Å²) < 4.78 is 5.35. The Balaban J connectivity index is 0.000000367. The zero-order chi connectivity index (χ0) is 26.0. The van der Waals surface area contributed by atoms with Crippen LogP contribution in [-0.2, 0) is 25.7 Å². The van der Waals surface area contributed by atoms with E-state index in [1.165, 1.54) is 0 Å². The van der Waals surface area contributed by atoms with E-state index in [0.29, 0.717) is 19.8 Å². The number of aliphatic hydroxyl groups excluding tert-OH is 2. The molecule has 2 atom stereocenters. The van der Waals surface area contributed by atoms with Crippen molar-refractivity contribution in [3.8, 4) is 11.1 Å². The van der Waals surface area contributed by atoms with Crippen molar-refractivity contribution in [1.82, 2.24) is 14.9 Å². The first-order valence-corrected chi connectivity index (χ1v) is 10.6. The second kappa shape index (κ2) is 13.3. The van der Waals surface area contributed by atoms with Gasteiger partial charge in [0, 0.05) is 44.6 Å². The minimum absolute atomic E-state index is 0.0209. The van der Waals surface area contributed by atoms with Crippen LogP contribution in [0, 0.1) is 0 Å². The molecule has 13 heteroatoms. The van der Waals surface area contributed by atoms with Crippen LogP contribution in [0.4, 0.5) is 5.95 Å². The lowest BCUT2D eigenvalue weighted by Crippen LogP contribution is -2.39. The van der Waals surface area contributed by atoms with Gasteiger partial charge < -0.3 is 40.7 Å². The molecule has 3 rings (SSSR count). The second-order valence-corrected chi connectivity index (χ2v) is 7.59. The highest BCUT2D eigenvalue weighted by molar-refractivity contribution is 5.83. The van der Waals surface area contributed by atoms with Crippen molar-refractivity contribution in [2.75, 3.05) is 44.8 Å². The lowest BCUT2D eigenvalue weighted by molar-refractivity contribution is -0.165. The molecule has 0 aliphatic carbocycles. The van der Waals surface area contributed by atoms with Gasteiger partial charge in [0.2, 0.25) is 11.9 Å². The number of nitrogens with zero attached hydrogens (tertiary/aromatic N) is 4. The highest BCUT2D eigenvalue weighted by atomic mass is 16.5. The predicted octanol–water partition coefficient (Wildman–Crippen LogP) is -1.23. The van der Waals surface area contributed by atoms with Gasteiger partial charge in [0.15, 0.2) is 12.2 Å². The summed E-state index contributed by atoms with van der Waals surface area (Å²) in [6.45, 7) is 3.60. The fourth-order valence-electron chi connectivity index (χ4n) is 3.03. The maximum Gasteiger partial charge on any atom is 0.335 e. The largest absolute Gasteiger partial charge is 0.479 e. The van der Waals surface area contributed by atoms with Crippen molar-refractivity contribution in [2.45, 2.75) is 18.8 Å². The van der Waals surface area contributed by atoms with Gasteiger partial charge >= 0.3 is 11.9 Å². The first kappa shape index (κ1) is 27.6. The lowest BCUT2D eigenvalue weighted by atomic mass is 10.1. The minimum atomic E-state index is -2.27. The molecule has 0 bridgehead atoms. The number of nitrogens with two attached hydrogens (primary N) is 1. The van der Waals surface area contributed by atoms with Crippen molar-refractivity contribution in [3.63, 3.8) is 0 Å². The highest BCUT2D eigenvalue weighted by Crippen LogP contribution is 2.21. The summed E-state index contributed by atoms with van der Waals surface area (Å²) in [5.74, 6) is -2.88. The Bertz CT molecular complexity index is 980. The first-order valence-electron chi connectivity index (χ1n) is 10.6. The van der Waals surface area contributed by atoms with E-state index in [1.807, 2.05) is 36.7 Å². The molecule has 2 heterocycles. The topological polar surface area (TPSA) is 200 Å². The highest BCUT2D eigenvalue weighted by Gasteiger charge is 2.29. The van der Waals surface area contributed by atoms with Crippen LogP contribution in [0.15, 0.2) is 36.7 Å². The van der Waals surface area contributed by atoms with E-state index in [-0.39, 0.29) is 12.5 Å². The quantitative estimate of drug-likeness (QED) is 0.295. The van der Waals surface area contributed by atoms with Gasteiger partial charge in [-0.3, -0.25) is 4.79 Å². The van der Waals surface area contributed by atoms with Crippen molar-refractivity contribution < 1.29 is 39.5 Å². The van der Waals surface area contributed by atoms with Crippen LogP contribution in [0.1, 0.15) is 5.56 Å². The smallest absolute Gasteiger partial charge is 0.335 e. The molecule has 1 aliphatic rings. The van der Waals surface area contributed by atoms with Gasteiger partial charge in [-0.15, -0.1) is 0 Å². The van der Waals surface area contributed by atoms with Crippen LogP contribution >= 0.6 is 0 Å². The summed E-state index contributed by atoms with van der Waals surface area (Å²) in [6.07, 6.45) is -0.855. The number of carboxylic acids is 2. The zero-order valence-electron chi connectivity index (χ0n) is 19.1. The molecule has 0 spiro atoms. The number of amides is 1. The molecular formula is C22H29N5O8. The number of rotatable bonds is 8. The summed E-state index contributed by atoms with van der Waals surface area (Å²) in [5, 5.41) is 32.5. The van der Waals surface area contributed by atoms with E-state index in [9.17, 15) is 14.4 Å². The molecule has 1 aliphatic heterocycles. The summed E-state index contributed by atoms with van der Waals surface area (Å²) >= 11 is 0. The number of hydrogen-bond acceptors (Lipinski definition) is 10. The van der Waals surface area contributed by atoms with E-state index < -0.39 is 24.1 Å². The first-order chi connectivity index (χ1) is 16.6. The normalized spacial score (nSPS) is 14.8. The standard InChI is InChI=1S/C18H23N5O2.C4H6O6/c1-22(17(24)10-19)13-14-3-2-4-15(9-14)16-11-20-18(21-12-16)23-5-7-25-8-6-23;5-1(3(7)8)2(6)4(9)10/h2-4,9,11-12H,5-8,10,13,19H2,1H3;1-2,5-6H,(H,7,8)(H,9,10)/t;1-,2-/m.1/s1. The molecule has 1 fully saturated rings. The molecule has 190 valence electrons. The molecular weight excluding hydrogens is 462 g/mol. The fourth-order valence-corrected chi connectivity index (χ4v) is 3.03. The second-order valence-electron chi connectivity index (χ2n) is 7.59. The summed E-state index contributed by atoms with van der Waals surface area (Å²) in [7, 11) is 1.75. The molecule has 1 saturated heterocycles. The van der Waals surface area contributed by atoms with Crippen molar-refractivity contribution in [2.24, 2.45) is 5.73 Å². The summed E-state index contributed by atoms with van der Waals surface area (Å²) in [4.78, 5) is 43.9. The third kappa shape index (κ3) is 8.26. The maximum absolute atomic E-state index is 11.6. The van der Waals surface area contributed by atoms with Crippen LogP contribution in [0.3, 0.4) is 0 Å². The number of ether oxygens (including phenoxy) is 1. The monoisotopic (exact) mass is 491 g/mol. The Labute approximate surface area is 201 Å². The molecule has 1 aromatic heterocycles. The molecule has 0 radical (unpaired) electrons. The van der Waals surface area contributed by atoms with E-state index >= 15 is 0 Å². The molecule has 1 amide bonds. The van der Waals surface area contributed by atoms with Gasteiger partial charge in [0.25, 0.3) is 0 Å². The molecule has 35 heavy (non-hydrogen) atoms. The number of aliphatic carboxylic acids is 2. The Kier molecular flexibility index (Phi) is 10.5. The van der Waals surface area contributed by atoms with Gasteiger partial charge in [-0.25, -0.2) is 19.6 Å². The number of aromatic nitrogens is 2. The third-order valence-corrected chi connectivity index (χ3v) is 5.02. The van der Waals surface area contributed by atoms with Gasteiger partial charge in [-0.1, -0.05) is 18.2 Å². The Morgan fingerprint density at radius 3 is 2.14 bits per heavy atom. The molecule has 13 nitrogen and oxygen atoms in total. The van der Waals surface area contributed by atoms with Crippen LogP contribution in [0.2, 0.25) is 0 Å². The average Bonchev–Trinajstić information content (AvgIpc) is 2.88. The van der Waals surface area contributed by atoms with Gasteiger partial charge in [0.1, 0.15) is 0 Å². The van der Waals surface area contributed by atoms with Crippen LogP contribution in [0.25, 0.3) is 11.1 Å². The lowest BCUT2D eigenvalue weighted by Gasteiger charge is -2.26. The summed E-state index contributed by atoms with van der Waals surface area (Å²) in [5.41, 5.74) is 8.42. The van der Waals surface area contributed by atoms with E-state index in [4.69, 9.17) is 30.9 Å². The third-order valence-electron chi connectivity index (χ3n) is 5.02.